The van der Waals surface area contributed by atoms with Gasteiger partial charge in [-0.2, -0.15) is 0 Å². The fourth-order valence-electron chi connectivity index (χ4n) is 8.81. The minimum atomic E-state index is -0.257. The van der Waals surface area contributed by atoms with Crippen LogP contribution in [0.4, 0.5) is 11.6 Å². The summed E-state index contributed by atoms with van der Waals surface area (Å²) in [6.45, 7) is 8.93. The van der Waals surface area contributed by atoms with Gasteiger partial charge in [0.2, 0.25) is 0 Å². The Morgan fingerprint density at radius 1 is 0.484 bits per heavy atom. The SMILES string of the molecule is Nc1cccc(-c2ccc(CCN3CCN(C(Cc4ccc(Cl)cc4)C(=O)C(Cc4ccc(Cl)cc4)N4CCN(CCc5ccc(-c6cccc(N)n6)cc5)CC4)CC3)cc2)n1. The third-order valence-corrected chi connectivity index (χ3v) is 13.0. The van der Waals surface area contributed by atoms with E-state index in [0.29, 0.717) is 40.3 Å². The molecule has 2 aliphatic heterocycles. The van der Waals surface area contributed by atoms with Gasteiger partial charge in [0.1, 0.15) is 11.6 Å². The van der Waals surface area contributed by atoms with E-state index in [9.17, 15) is 0 Å². The van der Waals surface area contributed by atoms with Crippen molar-refractivity contribution < 1.29 is 4.79 Å². The molecule has 9 nitrogen and oxygen atoms in total. The van der Waals surface area contributed by atoms with Crippen LogP contribution in [0.5, 0.6) is 0 Å². The number of hydrogen-bond acceptors (Lipinski definition) is 9. The zero-order valence-electron chi connectivity index (χ0n) is 35.3. The summed E-state index contributed by atoms with van der Waals surface area (Å²) in [5.74, 6) is 1.34. The number of ketones is 1. The molecule has 0 bridgehead atoms. The Balaban J connectivity index is 0.916. The molecule has 4 heterocycles. The van der Waals surface area contributed by atoms with Crippen LogP contribution >= 0.6 is 23.2 Å². The topological polar surface area (TPSA) is 108 Å². The summed E-state index contributed by atoms with van der Waals surface area (Å²) in [5, 5.41) is 1.40. The largest absolute Gasteiger partial charge is 0.384 e. The van der Waals surface area contributed by atoms with Gasteiger partial charge in [-0.1, -0.05) is 108 Å². The van der Waals surface area contributed by atoms with E-state index >= 15 is 4.79 Å². The predicted molar refractivity (Wildman–Crippen MR) is 254 cm³/mol. The van der Waals surface area contributed by atoms with Gasteiger partial charge in [-0.3, -0.25) is 14.6 Å². The lowest BCUT2D eigenvalue weighted by Crippen LogP contribution is -2.60. The van der Waals surface area contributed by atoms with Crippen molar-refractivity contribution in [3.63, 3.8) is 0 Å². The average Bonchev–Trinajstić information content (AvgIpc) is 3.30. The van der Waals surface area contributed by atoms with Crippen LogP contribution in [0.2, 0.25) is 10.0 Å². The summed E-state index contributed by atoms with van der Waals surface area (Å²) < 4.78 is 0. The number of benzene rings is 4. The molecule has 320 valence electrons. The van der Waals surface area contributed by atoms with Crippen LogP contribution in [-0.4, -0.2) is 113 Å². The molecular formula is C51H56Cl2N8O. The highest BCUT2D eigenvalue weighted by atomic mass is 35.5. The number of hydrogen-bond donors (Lipinski definition) is 2. The molecule has 4 N–H and O–H groups in total. The summed E-state index contributed by atoms with van der Waals surface area (Å²) in [7, 11) is 0. The van der Waals surface area contributed by atoms with Crippen LogP contribution in [0.3, 0.4) is 0 Å². The number of halogens is 2. The van der Waals surface area contributed by atoms with Crippen molar-refractivity contribution in [2.45, 2.75) is 37.8 Å². The van der Waals surface area contributed by atoms with Gasteiger partial charge >= 0.3 is 0 Å². The van der Waals surface area contributed by atoms with Gasteiger partial charge in [0.05, 0.1) is 23.5 Å². The van der Waals surface area contributed by atoms with Crippen molar-refractivity contribution in [2.75, 3.05) is 76.9 Å². The van der Waals surface area contributed by atoms with Crippen LogP contribution in [0.15, 0.2) is 133 Å². The number of carbonyl (C=O) groups is 1. The molecule has 62 heavy (non-hydrogen) atoms. The fourth-order valence-corrected chi connectivity index (χ4v) is 9.06. The average molecular weight is 868 g/mol. The van der Waals surface area contributed by atoms with Gasteiger partial charge in [0, 0.05) is 86.6 Å². The highest BCUT2D eigenvalue weighted by Gasteiger charge is 2.37. The summed E-state index contributed by atoms with van der Waals surface area (Å²) in [6, 6.07) is 44.3. The van der Waals surface area contributed by atoms with Crippen molar-refractivity contribution in [3.8, 4) is 22.5 Å². The van der Waals surface area contributed by atoms with E-state index in [4.69, 9.17) is 34.7 Å². The molecule has 8 rings (SSSR count). The standard InChI is InChI=1S/C51H56Cl2N8O/c52-43-19-11-39(12-20-43)35-47(60-31-27-58(28-32-60)25-23-37-7-15-41(16-8-37)45-3-1-5-49(54)56-45)51(62)48(36-40-13-21-44(53)22-14-40)61-33-29-59(30-34-61)26-24-38-9-17-42(18-10-38)46-4-2-6-50(55)57-46/h1-22,47-48H,23-36H2,(H2,54,56)(H2,55,57). The number of anilines is 2. The van der Waals surface area contributed by atoms with Gasteiger partial charge in [-0.25, -0.2) is 9.97 Å². The predicted octanol–water partition coefficient (Wildman–Crippen LogP) is 8.09. The second-order valence-corrected chi connectivity index (χ2v) is 17.5. The lowest BCUT2D eigenvalue weighted by atomic mass is 9.91. The van der Waals surface area contributed by atoms with E-state index in [1.807, 2.05) is 48.5 Å². The monoisotopic (exact) mass is 866 g/mol. The maximum atomic E-state index is 15.3. The zero-order valence-corrected chi connectivity index (χ0v) is 36.8. The van der Waals surface area contributed by atoms with Gasteiger partial charge in [-0.15, -0.1) is 0 Å². The smallest absolute Gasteiger partial charge is 0.167 e. The number of aromatic nitrogens is 2. The summed E-state index contributed by atoms with van der Waals surface area (Å²) in [4.78, 5) is 34.2. The molecule has 11 heteroatoms. The van der Waals surface area contributed by atoms with Gasteiger partial charge < -0.3 is 21.3 Å². The molecule has 0 aliphatic carbocycles. The van der Waals surface area contributed by atoms with E-state index in [-0.39, 0.29) is 12.1 Å². The van der Waals surface area contributed by atoms with E-state index in [2.05, 4.69) is 102 Å². The second kappa shape index (κ2) is 20.8. The number of nitrogen functional groups attached to an aromatic ring is 2. The molecule has 2 unspecified atom stereocenters. The van der Waals surface area contributed by atoms with Gasteiger partial charge in [0.25, 0.3) is 0 Å². The van der Waals surface area contributed by atoms with E-state index in [1.54, 1.807) is 12.1 Å². The number of carbonyl (C=O) groups excluding carboxylic acids is 1. The molecule has 2 atom stereocenters. The minimum Gasteiger partial charge on any atom is -0.384 e. The highest BCUT2D eigenvalue weighted by Crippen LogP contribution is 2.24. The molecule has 2 aromatic heterocycles. The molecule has 0 amide bonds. The normalized spacial score (nSPS) is 16.5. The van der Waals surface area contributed by atoms with Crippen molar-refractivity contribution in [2.24, 2.45) is 0 Å². The molecule has 2 aliphatic rings. The van der Waals surface area contributed by atoms with E-state index in [1.165, 1.54) is 11.1 Å². The van der Waals surface area contributed by atoms with Gasteiger partial charge in [0.15, 0.2) is 5.78 Å². The Hall–Kier alpha value is -5.13. The Bertz CT molecular complexity index is 2190. The van der Waals surface area contributed by atoms with E-state index in [0.717, 1.165) is 112 Å². The number of Topliss-reactive ketones (excluding diaryl/α,β-unsaturated/α-hetero) is 1. The molecule has 2 saturated heterocycles. The fraction of sp³-hybridized carbons (Fsp3) is 0.314. The first-order valence-electron chi connectivity index (χ1n) is 21.8. The Kier molecular flexibility index (Phi) is 14.6. The second-order valence-electron chi connectivity index (χ2n) is 16.6. The third-order valence-electron chi connectivity index (χ3n) is 12.5. The first-order chi connectivity index (χ1) is 30.2. The van der Waals surface area contributed by atoms with Crippen LogP contribution in [-0.2, 0) is 30.5 Å². The molecule has 4 aromatic carbocycles. The first kappa shape index (κ1) is 43.5. The molecule has 0 radical (unpaired) electrons. The van der Waals surface area contributed by atoms with Crippen LogP contribution in [0.1, 0.15) is 22.3 Å². The van der Waals surface area contributed by atoms with E-state index < -0.39 is 0 Å². The molecule has 0 spiro atoms. The number of nitrogens with zero attached hydrogens (tertiary/aromatic N) is 6. The number of piperazine rings is 2. The summed E-state index contributed by atoms with van der Waals surface area (Å²) >= 11 is 12.7. The Morgan fingerprint density at radius 2 is 0.839 bits per heavy atom. The minimum absolute atomic E-state index is 0.257. The Morgan fingerprint density at radius 3 is 1.19 bits per heavy atom. The van der Waals surface area contributed by atoms with Crippen molar-refractivity contribution >= 4 is 40.6 Å². The third kappa shape index (κ3) is 11.7. The summed E-state index contributed by atoms with van der Waals surface area (Å²) in [5.41, 5.74) is 20.6. The molecule has 0 saturated carbocycles. The number of nitrogens with two attached hydrogens (primary N) is 2. The maximum absolute atomic E-state index is 15.3. The molecular weight excluding hydrogens is 812 g/mol. The lowest BCUT2D eigenvalue weighted by Gasteiger charge is -2.43. The van der Waals surface area contributed by atoms with Crippen molar-refractivity contribution in [1.29, 1.82) is 0 Å². The summed E-state index contributed by atoms with van der Waals surface area (Å²) in [6.07, 6.45) is 3.21. The zero-order chi connectivity index (χ0) is 42.8. The van der Waals surface area contributed by atoms with Crippen LogP contribution in [0, 0.1) is 0 Å². The molecule has 6 aromatic rings. The first-order valence-corrected chi connectivity index (χ1v) is 22.6. The van der Waals surface area contributed by atoms with Crippen molar-refractivity contribution in [1.82, 2.24) is 29.6 Å². The number of pyridine rings is 2. The van der Waals surface area contributed by atoms with Crippen molar-refractivity contribution in [3.05, 3.63) is 166 Å². The Labute approximate surface area is 376 Å². The van der Waals surface area contributed by atoms with Crippen LogP contribution in [0.25, 0.3) is 22.5 Å². The molecule has 2 fully saturated rings. The van der Waals surface area contributed by atoms with Gasteiger partial charge in [-0.05, 0) is 96.5 Å². The quantitative estimate of drug-likeness (QED) is 0.0999. The van der Waals surface area contributed by atoms with Crippen LogP contribution < -0.4 is 11.5 Å². The maximum Gasteiger partial charge on any atom is 0.167 e. The highest BCUT2D eigenvalue weighted by molar-refractivity contribution is 6.30. The number of rotatable bonds is 16. The lowest BCUT2D eigenvalue weighted by molar-refractivity contribution is -0.131.